The average Bonchev–Trinajstić information content (AvgIpc) is 3.40. The number of imidazole rings is 1. The number of ether oxygens (including phenoxy) is 2. The van der Waals surface area contributed by atoms with Crippen LogP contribution in [-0.2, 0) is 18.3 Å². The monoisotopic (exact) mass is 708 g/mol. The number of fused-ring (bicyclic) bond motifs is 7. The Morgan fingerprint density at radius 2 is 1.74 bits per heavy atom. The number of carbonyl (C=O) groups is 2. The quantitative estimate of drug-likeness (QED) is 0.195. The number of hydrogen-bond acceptors (Lipinski definition) is 7. The molecular formula is C42H40N6O5. The largest absolute Gasteiger partial charge is 0.494 e. The third-order valence-electron chi connectivity index (χ3n) is 11.9. The zero-order chi connectivity index (χ0) is 36.0. The molecule has 1 saturated heterocycles. The highest BCUT2D eigenvalue weighted by Crippen LogP contribution is 2.45. The molecule has 10 rings (SSSR count). The van der Waals surface area contributed by atoms with Gasteiger partial charge < -0.3 is 33.9 Å². The van der Waals surface area contributed by atoms with Gasteiger partial charge in [-0.05, 0) is 77.8 Å². The molecule has 3 aromatic heterocycles. The van der Waals surface area contributed by atoms with Crippen LogP contribution in [0.3, 0.4) is 0 Å². The second-order valence-corrected chi connectivity index (χ2v) is 15.0. The molecule has 0 radical (unpaired) electrons. The van der Waals surface area contributed by atoms with E-state index < -0.39 is 24.3 Å². The third-order valence-corrected chi connectivity index (χ3v) is 11.9. The van der Waals surface area contributed by atoms with E-state index in [0.717, 1.165) is 56.9 Å². The highest BCUT2D eigenvalue weighted by molar-refractivity contribution is 6.00. The lowest BCUT2D eigenvalue weighted by Crippen LogP contribution is -2.50. The van der Waals surface area contributed by atoms with Crippen LogP contribution >= 0.6 is 0 Å². The van der Waals surface area contributed by atoms with Crippen molar-refractivity contribution < 1.29 is 24.2 Å². The van der Waals surface area contributed by atoms with Gasteiger partial charge in [0.05, 0.1) is 36.5 Å². The molecule has 0 spiro atoms. The number of carbonyl (C=O) groups excluding carboxylic acids is 2. The van der Waals surface area contributed by atoms with Gasteiger partial charge in [0.15, 0.2) is 5.82 Å². The van der Waals surface area contributed by atoms with Crippen molar-refractivity contribution in [2.75, 3.05) is 20.3 Å². The van der Waals surface area contributed by atoms with E-state index in [1.165, 1.54) is 12.8 Å². The maximum atomic E-state index is 14.3. The summed E-state index contributed by atoms with van der Waals surface area (Å²) in [6.45, 7) is 1.48. The van der Waals surface area contributed by atoms with Gasteiger partial charge in [0.1, 0.15) is 23.5 Å². The van der Waals surface area contributed by atoms with Crippen LogP contribution in [0.15, 0.2) is 85.1 Å². The Bertz CT molecular complexity index is 2400. The number of pyridine rings is 1. The van der Waals surface area contributed by atoms with E-state index in [0.29, 0.717) is 35.7 Å². The number of aryl methyl sites for hydroxylation is 1. The third kappa shape index (κ3) is 5.12. The summed E-state index contributed by atoms with van der Waals surface area (Å²) in [4.78, 5) is 39.1. The lowest BCUT2D eigenvalue weighted by molar-refractivity contribution is 0.0384. The smallest absolute Gasteiger partial charge is 0.407 e. The predicted molar refractivity (Wildman–Crippen MR) is 200 cm³/mol. The van der Waals surface area contributed by atoms with Crippen LogP contribution in [0.1, 0.15) is 46.7 Å². The van der Waals surface area contributed by atoms with E-state index in [9.17, 15) is 14.7 Å². The first-order valence-corrected chi connectivity index (χ1v) is 18.5. The fraction of sp³-hybridized carbons (Fsp3) is 0.333. The van der Waals surface area contributed by atoms with Crippen molar-refractivity contribution in [2.45, 2.75) is 49.9 Å². The molecule has 4 aliphatic rings. The Morgan fingerprint density at radius 3 is 2.47 bits per heavy atom. The van der Waals surface area contributed by atoms with Crippen LogP contribution in [0.5, 0.6) is 5.75 Å². The molecule has 0 unspecified atom stereocenters. The lowest BCUT2D eigenvalue weighted by Gasteiger charge is -2.31. The first-order chi connectivity index (χ1) is 25.9. The number of nitrogens with zero attached hydrogens (tertiary/aromatic N) is 5. The number of aliphatic hydroxyl groups excluding tert-OH is 1. The first kappa shape index (κ1) is 32.0. The molecule has 11 heteroatoms. The van der Waals surface area contributed by atoms with Crippen molar-refractivity contribution >= 4 is 34.1 Å². The molecule has 2 N–H and O–H groups in total. The van der Waals surface area contributed by atoms with Crippen molar-refractivity contribution in [2.24, 2.45) is 18.9 Å². The fourth-order valence-corrected chi connectivity index (χ4v) is 9.28. The molecule has 53 heavy (non-hydrogen) atoms. The second kappa shape index (κ2) is 12.2. The molecule has 3 aliphatic carbocycles. The topological polar surface area (TPSA) is 124 Å². The van der Waals surface area contributed by atoms with Crippen LogP contribution in [0.2, 0.25) is 0 Å². The van der Waals surface area contributed by atoms with Crippen molar-refractivity contribution in [3.8, 4) is 28.4 Å². The fourth-order valence-electron chi connectivity index (χ4n) is 9.28. The van der Waals surface area contributed by atoms with Gasteiger partial charge in [-0.2, -0.15) is 0 Å². The lowest BCUT2D eigenvalue weighted by atomic mass is 9.98. The molecule has 11 nitrogen and oxygen atoms in total. The Morgan fingerprint density at radius 1 is 0.981 bits per heavy atom. The number of amides is 2. The summed E-state index contributed by atoms with van der Waals surface area (Å²) in [5.41, 5.74) is 8.35. The van der Waals surface area contributed by atoms with Crippen LogP contribution in [-0.4, -0.2) is 79.6 Å². The number of likely N-dealkylation sites (tertiary alicyclic amines) is 1. The van der Waals surface area contributed by atoms with E-state index in [4.69, 9.17) is 19.4 Å². The minimum atomic E-state index is -0.773. The summed E-state index contributed by atoms with van der Waals surface area (Å²) in [7, 11) is 3.57. The van der Waals surface area contributed by atoms with Gasteiger partial charge in [0, 0.05) is 49.1 Å². The number of alkyl carbamates (subject to hydrolysis) is 1. The summed E-state index contributed by atoms with van der Waals surface area (Å²) in [6, 6.07) is 25.1. The van der Waals surface area contributed by atoms with Gasteiger partial charge in [-0.15, -0.1) is 0 Å². The molecule has 6 aromatic rings. The van der Waals surface area contributed by atoms with Crippen LogP contribution < -0.4 is 10.1 Å². The predicted octanol–water partition coefficient (Wildman–Crippen LogP) is 6.12. The molecule has 3 fully saturated rings. The standard InChI is InChI=1S/C42H40N6O5/c1-46-37-32(44-40(46)33-17-24-8-7-15-43-39(24)47(33)20-23-13-14-23)16-25(19-35(37)52-2)41(50)48-21-26-18-34(49)38(48)36(26)45-42(51)53-22-31-29-11-5-3-9-27(29)28-10-4-6-12-30(28)31/h3-12,15-17,19,23,26,31,34,36,38,49H,13-14,18,20-22H2,1-2H3,(H,45,51)/t26-,34+,36-,38-/m1/s1. The number of methoxy groups -OCH3 is 1. The van der Waals surface area contributed by atoms with E-state index in [1.54, 1.807) is 18.1 Å². The van der Waals surface area contributed by atoms with Crippen LogP contribution in [0.4, 0.5) is 4.79 Å². The van der Waals surface area contributed by atoms with Crippen LogP contribution in [0, 0.1) is 11.8 Å². The maximum Gasteiger partial charge on any atom is 0.407 e. The van der Waals surface area contributed by atoms with Gasteiger partial charge >= 0.3 is 6.09 Å². The molecule has 2 amide bonds. The van der Waals surface area contributed by atoms with Crippen molar-refractivity contribution in [1.29, 1.82) is 0 Å². The van der Waals surface area contributed by atoms with Crippen LogP contribution in [0.25, 0.3) is 44.7 Å². The summed E-state index contributed by atoms with van der Waals surface area (Å²) < 4.78 is 16.0. The van der Waals surface area contributed by atoms with Crippen molar-refractivity contribution in [3.05, 3.63) is 102 Å². The zero-order valence-corrected chi connectivity index (χ0v) is 29.6. The summed E-state index contributed by atoms with van der Waals surface area (Å²) in [5.74, 6) is 1.53. The number of aliphatic hydroxyl groups is 1. The average molecular weight is 709 g/mol. The highest BCUT2D eigenvalue weighted by Gasteiger charge is 2.54. The van der Waals surface area contributed by atoms with Gasteiger partial charge in [-0.25, -0.2) is 14.8 Å². The Kier molecular flexibility index (Phi) is 7.37. The van der Waals surface area contributed by atoms with Gasteiger partial charge in [-0.3, -0.25) is 4.79 Å². The molecule has 2 saturated carbocycles. The van der Waals surface area contributed by atoms with Gasteiger partial charge in [-0.1, -0.05) is 48.5 Å². The normalized spacial score (nSPS) is 21.7. The van der Waals surface area contributed by atoms with Crippen molar-refractivity contribution in [1.82, 2.24) is 29.3 Å². The zero-order valence-electron chi connectivity index (χ0n) is 29.6. The van der Waals surface area contributed by atoms with E-state index in [1.807, 2.05) is 54.2 Å². The Hall–Kier alpha value is -5.68. The minimum Gasteiger partial charge on any atom is -0.494 e. The summed E-state index contributed by atoms with van der Waals surface area (Å²) in [6.07, 6.45) is 3.43. The highest BCUT2D eigenvalue weighted by atomic mass is 16.5. The number of benzene rings is 3. The number of rotatable bonds is 8. The van der Waals surface area contributed by atoms with E-state index >= 15 is 0 Å². The van der Waals surface area contributed by atoms with E-state index in [2.05, 4.69) is 46.3 Å². The first-order valence-electron chi connectivity index (χ1n) is 18.5. The van der Waals surface area contributed by atoms with E-state index in [-0.39, 0.29) is 24.3 Å². The Balaban J connectivity index is 0.899. The molecule has 268 valence electrons. The summed E-state index contributed by atoms with van der Waals surface area (Å²) in [5, 5.41) is 15.2. The summed E-state index contributed by atoms with van der Waals surface area (Å²) >= 11 is 0. The van der Waals surface area contributed by atoms with Gasteiger partial charge in [0.25, 0.3) is 5.91 Å². The SMILES string of the molecule is COc1cc(C(=O)N2C[C@H]3C[C@H](O)[C@@H]2[C@@H]3NC(=O)OCC2c3ccccc3-c3ccccc32)cc2nc(-c3cc4cccnc4n3CC3CC3)n(C)c12. The number of hydrogen-bond donors (Lipinski definition) is 2. The number of piperidine rings is 1. The number of nitrogens with one attached hydrogen (secondary N) is 1. The molecule has 4 atom stereocenters. The molecule has 3 aromatic carbocycles. The molecule has 2 bridgehead atoms. The number of aromatic nitrogens is 4. The second-order valence-electron chi connectivity index (χ2n) is 15.0. The minimum absolute atomic E-state index is 0.0626. The Labute approximate surface area is 306 Å². The van der Waals surface area contributed by atoms with Gasteiger partial charge in [0.2, 0.25) is 0 Å². The maximum absolute atomic E-state index is 14.3. The molecule has 4 heterocycles. The van der Waals surface area contributed by atoms with Crippen molar-refractivity contribution in [3.63, 3.8) is 0 Å². The molecule has 1 aliphatic heterocycles. The molecular weight excluding hydrogens is 668 g/mol.